The summed E-state index contributed by atoms with van der Waals surface area (Å²) in [5, 5.41) is 10.4. The topological polar surface area (TPSA) is 76.0 Å². The van der Waals surface area contributed by atoms with Gasteiger partial charge in [-0.25, -0.2) is 0 Å². The molecular formula is C28H28N4O2. The zero-order valence-corrected chi connectivity index (χ0v) is 19.6. The summed E-state index contributed by atoms with van der Waals surface area (Å²) in [7, 11) is 0. The highest BCUT2D eigenvalue weighted by atomic mass is 16.2. The van der Waals surface area contributed by atoms with E-state index in [1.165, 1.54) is 0 Å². The summed E-state index contributed by atoms with van der Waals surface area (Å²) < 4.78 is 1.94. The quantitative estimate of drug-likeness (QED) is 0.400. The lowest BCUT2D eigenvalue weighted by Crippen LogP contribution is -2.28. The number of amides is 2. The van der Waals surface area contributed by atoms with Crippen molar-refractivity contribution in [1.29, 1.82) is 0 Å². The Morgan fingerprint density at radius 2 is 1.56 bits per heavy atom. The van der Waals surface area contributed by atoms with Gasteiger partial charge in [-0.2, -0.15) is 5.10 Å². The van der Waals surface area contributed by atoms with Crippen molar-refractivity contribution >= 4 is 17.5 Å². The number of para-hydroxylation sites is 1. The number of aryl methyl sites for hydroxylation is 2. The molecule has 6 nitrogen and oxygen atoms in total. The second kappa shape index (κ2) is 10.2. The van der Waals surface area contributed by atoms with Crippen LogP contribution in [0.1, 0.15) is 56.2 Å². The van der Waals surface area contributed by atoms with E-state index in [1.807, 2.05) is 74.0 Å². The second-order valence-electron chi connectivity index (χ2n) is 8.39. The number of rotatable bonds is 7. The molecule has 0 spiro atoms. The molecule has 4 aromatic rings. The Bertz CT molecular complexity index is 1290. The number of aromatic nitrogens is 2. The Morgan fingerprint density at radius 1 is 0.882 bits per heavy atom. The highest BCUT2D eigenvalue weighted by Crippen LogP contribution is 2.19. The summed E-state index contributed by atoms with van der Waals surface area (Å²) in [6, 6.07) is 26.1. The van der Waals surface area contributed by atoms with Gasteiger partial charge in [-0.3, -0.25) is 14.3 Å². The van der Waals surface area contributed by atoms with Crippen molar-refractivity contribution in [2.45, 2.75) is 33.4 Å². The van der Waals surface area contributed by atoms with Crippen LogP contribution in [-0.4, -0.2) is 21.6 Å². The molecule has 2 N–H and O–H groups in total. The number of nitrogens with zero attached hydrogens (tertiary/aromatic N) is 2. The number of carbonyl (C=O) groups excluding carboxylic acids is 2. The lowest BCUT2D eigenvalue weighted by molar-refractivity contribution is 0.0940. The van der Waals surface area contributed by atoms with Crippen LogP contribution in [0.5, 0.6) is 0 Å². The number of benzene rings is 3. The van der Waals surface area contributed by atoms with Gasteiger partial charge in [0, 0.05) is 11.3 Å². The zero-order valence-electron chi connectivity index (χ0n) is 19.6. The molecule has 2 amide bonds. The smallest absolute Gasteiger partial charge is 0.255 e. The molecule has 0 fully saturated rings. The van der Waals surface area contributed by atoms with Gasteiger partial charge in [0.25, 0.3) is 11.8 Å². The van der Waals surface area contributed by atoms with E-state index in [0.717, 1.165) is 22.5 Å². The number of hydrogen-bond donors (Lipinski definition) is 2. The van der Waals surface area contributed by atoms with Crippen molar-refractivity contribution in [2.24, 2.45) is 0 Å². The van der Waals surface area contributed by atoms with E-state index in [-0.39, 0.29) is 17.9 Å². The van der Waals surface area contributed by atoms with Gasteiger partial charge in [0.15, 0.2) is 0 Å². The van der Waals surface area contributed by atoms with Gasteiger partial charge >= 0.3 is 0 Å². The minimum Gasteiger partial charge on any atom is -0.345 e. The Morgan fingerprint density at radius 3 is 2.24 bits per heavy atom. The first-order valence-corrected chi connectivity index (χ1v) is 11.3. The monoisotopic (exact) mass is 452 g/mol. The zero-order chi connectivity index (χ0) is 24.1. The van der Waals surface area contributed by atoms with Crippen LogP contribution >= 0.6 is 0 Å². The van der Waals surface area contributed by atoms with Gasteiger partial charge in [-0.15, -0.1) is 0 Å². The lowest BCUT2D eigenvalue weighted by atomic mass is 10.1. The summed E-state index contributed by atoms with van der Waals surface area (Å²) in [6.07, 6.45) is 0. The van der Waals surface area contributed by atoms with Crippen molar-refractivity contribution in [1.82, 2.24) is 15.1 Å². The standard InChI is InChI=1S/C28H28N4O2/c1-19-17-20(2)32(31-19)18-22-13-15-24(16-14-22)27(33)30-26-12-8-7-11-25(26)28(34)29-21(3)23-9-5-4-6-10-23/h4-17,21H,18H2,1-3H3,(H,29,34)(H,30,33). The number of anilines is 1. The molecule has 1 atom stereocenters. The molecule has 172 valence electrons. The average molecular weight is 453 g/mol. The summed E-state index contributed by atoms with van der Waals surface area (Å²) >= 11 is 0. The molecule has 0 saturated carbocycles. The van der Waals surface area contributed by atoms with Crippen LogP contribution in [-0.2, 0) is 6.54 Å². The van der Waals surface area contributed by atoms with Gasteiger partial charge < -0.3 is 10.6 Å². The maximum Gasteiger partial charge on any atom is 0.255 e. The van der Waals surface area contributed by atoms with Crippen LogP contribution < -0.4 is 10.6 Å². The van der Waals surface area contributed by atoms with Crippen LogP contribution in [0.2, 0.25) is 0 Å². The highest BCUT2D eigenvalue weighted by molar-refractivity contribution is 6.09. The summed E-state index contributed by atoms with van der Waals surface area (Å²) in [6.45, 7) is 6.57. The van der Waals surface area contributed by atoms with Crippen LogP contribution in [0.25, 0.3) is 0 Å². The number of hydrogen-bond acceptors (Lipinski definition) is 3. The van der Waals surface area contributed by atoms with Gasteiger partial charge in [-0.05, 0) is 62.2 Å². The number of nitrogens with one attached hydrogen (secondary N) is 2. The Balaban J connectivity index is 1.44. The molecule has 1 aromatic heterocycles. The summed E-state index contributed by atoms with van der Waals surface area (Å²) in [5.41, 5.74) is 5.54. The third-order valence-electron chi connectivity index (χ3n) is 5.72. The fraction of sp³-hybridized carbons (Fsp3) is 0.179. The Hall–Kier alpha value is -4.19. The molecule has 0 aliphatic heterocycles. The molecule has 1 unspecified atom stereocenters. The Labute approximate surface area is 199 Å². The molecule has 0 aliphatic rings. The first-order valence-electron chi connectivity index (χ1n) is 11.3. The molecule has 6 heteroatoms. The first-order chi connectivity index (χ1) is 16.4. The van der Waals surface area contributed by atoms with Crippen molar-refractivity contribution in [2.75, 3.05) is 5.32 Å². The predicted octanol–water partition coefficient (Wildman–Crippen LogP) is 5.29. The molecule has 0 radical (unpaired) electrons. The molecular weight excluding hydrogens is 424 g/mol. The molecule has 0 bridgehead atoms. The maximum absolute atomic E-state index is 12.9. The predicted molar refractivity (Wildman–Crippen MR) is 134 cm³/mol. The highest BCUT2D eigenvalue weighted by Gasteiger charge is 2.16. The Kier molecular flexibility index (Phi) is 6.87. The number of carbonyl (C=O) groups is 2. The minimum absolute atomic E-state index is 0.160. The fourth-order valence-corrected chi connectivity index (χ4v) is 3.85. The van der Waals surface area contributed by atoms with Crippen LogP contribution in [0, 0.1) is 13.8 Å². The van der Waals surface area contributed by atoms with E-state index in [0.29, 0.717) is 23.4 Å². The first kappa shape index (κ1) is 23.0. The molecule has 0 aliphatic carbocycles. The van der Waals surface area contributed by atoms with E-state index in [4.69, 9.17) is 0 Å². The van der Waals surface area contributed by atoms with Crippen LogP contribution in [0.15, 0.2) is 84.9 Å². The van der Waals surface area contributed by atoms with E-state index >= 15 is 0 Å². The second-order valence-corrected chi connectivity index (χ2v) is 8.39. The van der Waals surface area contributed by atoms with Crippen molar-refractivity contribution in [3.8, 4) is 0 Å². The summed E-state index contributed by atoms with van der Waals surface area (Å²) in [4.78, 5) is 25.8. The third kappa shape index (κ3) is 5.41. The van der Waals surface area contributed by atoms with Crippen LogP contribution in [0.4, 0.5) is 5.69 Å². The van der Waals surface area contributed by atoms with Gasteiger partial charge in [0.05, 0.1) is 29.5 Å². The largest absolute Gasteiger partial charge is 0.345 e. The van der Waals surface area contributed by atoms with Crippen molar-refractivity contribution in [3.05, 3.63) is 119 Å². The normalized spacial score (nSPS) is 11.6. The fourth-order valence-electron chi connectivity index (χ4n) is 3.85. The van der Waals surface area contributed by atoms with E-state index in [2.05, 4.69) is 15.7 Å². The van der Waals surface area contributed by atoms with Gasteiger partial charge in [-0.1, -0.05) is 54.6 Å². The van der Waals surface area contributed by atoms with Gasteiger partial charge in [0.1, 0.15) is 0 Å². The molecule has 0 saturated heterocycles. The maximum atomic E-state index is 12.9. The van der Waals surface area contributed by atoms with Crippen LogP contribution in [0.3, 0.4) is 0 Å². The third-order valence-corrected chi connectivity index (χ3v) is 5.72. The molecule has 3 aromatic carbocycles. The van der Waals surface area contributed by atoms with E-state index in [1.54, 1.807) is 36.4 Å². The van der Waals surface area contributed by atoms with E-state index in [9.17, 15) is 9.59 Å². The molecule has 4 rings (SSSR count). The summed E-state index contributed by atoms with van der Waals surface area (Å²) in [5.74, 6) is -0.512. The SMILES string of the molecule is Cc1cc(C)n(Cc2ccc(C(=O)Nc3ccccc3C(=O)NC(C)c3ccccc3)cc2)n1. The average Bonchev–Trinajstić information content (AvgIpc) is 3.16. The van der Waals surface area contributed by atoms with E-state index < -0.39 is 0 Å². The van der Waals surface area contributed by atoms with Crippen molar-refractivity contribution < 1.29 is 9.59 Å². The van der Waals surface area contributed by atoms with Crippen molar-refractivity contribution in [3.63, 3.8) is 0 Å². The molecule has 34 heavy (non-hydrogen) atoms. The van der Waals surface area contributed by atoms with Gasteiger partial charge in [0.2, 0.25) is 0 Å². The molecule has 1 heterocycles. The lowest BCUT2D eigenvalue weighted by Gasteiger charge is -2.16. The minimum atomic E-state index is -0.269.